The van der Waals surface area contributed by atoms with Crippen molar-refractivity contribution >= 4 is 11.9 Å². The Morgan fingerprint density at radius 1 is 1.35 bits per heavy atom. The second kappa shape index (κ2) is 5.53. The summed E-state index contributed by atoms with van der Waals surface area (Å²) in [7, 11) is 1.78. The molecule has 2 rings (SSSR count). The van der Waals surface area contributed by atoms with E-state index in [1.54, 1.807) is 17.7 Å². The number of hydrogen-bond acceptors (Lipinski definition) is 3. The van der Waals surface area contributed by atoms with Crippen LogP contribution < -0.4 is 5.43 Å². The second-order valence-electron chi connectivity index (χ2n) is 4.24. The predicted molar refractivity (Wildman–Crippen MR) is 72.4 cm³/mol. The average molecular weight is 274 g/mol. The first-order chi connectivity index (χ1) is 9.52. The zero-order valence-corrected chi connectivity index (χ0v) is 11.0. The van der Waals surface area contributed by atoms with E-state index in [-0.39, 0.29) is 5.69 Å². The number of hydrazone groups is 1. The predicted octanol–water partition coefficient (Wildman–Crippen LogP) is 2.93. The fourth-order valence-corrected chi connectivity index (χ4v) is 1.71. The normalized spacial score (nSPS) is 10.8. The summed E-state index contributed by atoms with van der Waals surface area (Å²) in [6.45, 7) is 1.85. The van der Waals surface area contributed by atoms with E-state index >= 15 is 0 Å². The van der Waals surface area contributed by atoms with Crippen molar-refractivity contribution in [3.8, 4) is 6.07 Å². The molecule has 1 aromatic carbocycles. The van der Waals surface area contributed by atoms with E-state index in [1.807, 2.05) is 6.92 Å². The Labute approximate surface area is 115 Å². The standard InChI is InChI=1S/C14H12F2N4/c1-9-10(5-12(7-17)20(9)2)8-18-19-14-4-3-11(15)6-13(14)16/h3-6,8,19H,1-2H3/b18-8-. The van der Waals surface area contributed by atoms with Gasteiger partial charge in [0.05, 0.1) is 11.9 Å². The van der Waals surface area contributed by atoms with Gasteiger partial charge in [0.25, 0.3) is 0 Å². The molecule has 0 saturated heterocycles. The maximum Gasteiger partial charge on any atom is 0.151 e. The van der Waals surface area contributed by atoms with Crippen LogP contribution >= 0.6 is 0 Å². The highest BCUT2D eigenvalue weighted by molar-refractivity contribution is 5.82. The van der Waals surface area contributed by atoms with Crippen LogP contribution in [-0.4, -0.2) is 10.8 Å². The Morgan fingerprint density at radius 3 is 2.70 bits per heavy atom. The molecule has 0 unspecified atom stereocenters. The summed E-state index contributed by atoms with van der Waals surface area (Å²) in [5.74, 6) is -1.36. The molecule has 0 saturated carbocycles. The molecule has 0 bridgehead atoms. The molecule has 102 valence electrons. The summed E-state index contributed by atoms with van der Waals surface area (Å²) in [5, 5.41) is 12.8. The quantitative estimate of drug-likeness (QED) is 0.691. The molecule has 0 fully saturated rings. The summed E-state index contributed by atoms with van der Waals surface area (Å²) < 4.78 is 27.8. The van der Waals surface area contributed by atoms with Crippen LogP contribution in [0.1, 0.15) is 17.0 Å². The largest absolute Gasteiger partial charge is 0.339 e. The van der Waals surface area contributed by atoms with Gasteiger partial charge in [-0.05, 0) is 25.1 Å². The molecule has 20 heavy (non-hydrogen) atoms. The van der Waals surface area contributed by atoms with Crippen LogP contribution in [0.4, 0.5) is 14.5 Å². The lowest BCUT2D eigenvalue weighted by atomic mass is 10.3. The van der Waals surface area contributed by atoms with Gasteiger partial charge >= 0.3 is 0 Å². The van der Waals surface area contributed by atoms with Gasteiger partial charge in [-0.2, -0.15) is 10.4 Å². The van der Waals surface area contributed by atoms with E-state index in [1.165, 1.54) is 12.3 Å². The van der Waals surface area contributed by atoms with Crippen molar-refractivity contribution < 1.29 is 8.78 Å². The molecule has 2 aromatic rings. The Balaban J connectivity index is 2.17. The van der Waals surface area contributed by atoms with Crippen molar-refractivity contribution in [2.45, 2.75) is 6.92 Å². The van der Waals surface area contributed by atoms with Crippen molar-refractivity contribution in [2.75, 3.05) is 5.43 Å². The van der Waals surface area contributed by atoms with Gasteiger partial charge < -0.3 is 4.57 Å². The summed E-state index contributed by atoms with van der Waals surface area (Å²) in [4.78, 5) is 0. The molecule has 0 aliphatic carbocycles. The molecule has 1 aromatic heterocycles. The molecule has 0 radical (unpaired) electrons. The summed E-state index contributed by atoms with van der Waals surface area (Å²) in [6, 6.07) is 6.92. The van der Waals surface area contributed by atoms with Crippen molar-refractivity contribution in [3.05, 3.63) is 52.9 Å². The highest BCUT2D eigenvalue weighted by Gasteiger charge is 2.06. The van der Waals surface area contributed by atoms with Gasteiger partial charge in [-0.15, -0.1) is 0 Å². The lowest BCUT2D eigenvalue weighted by molar-refractivity contribution is 0.585. The number of hydrogen-bond donors (Lipinski definition) is 1. The molecule has 0 atom stereocenters. The summed E-state index contributed by atoms with van der Waals surface area (Å²) >= 11 is 0. The second-order valence-corrected chi connectivity index (χ2v) is 4.24. The average Bonchev–Trinajstić information content (AvgIpc) is 2.69. The smallest absolute Gasteiger partial charge is 0.151 e. The van der Waals surface area contributed by atoms with Crippen LogP contribution in [0, 0.1) is 29.9 Å². The van der Waals surface area contributed by atoms with Gasteiger partial charge in [0.15, 0.2) is 5.82 Å². The number of rotatable bonds is 3. The third-order valence-corrected chi connectivity index (χ3v) is 3.01. The number of nitriles is 1. The minimum Gasteiger partial charge on any atom is -0.339 e. The molecule has 0 spiro atoms. The first-order valence-electron chi connectivity index (χ1n) is 5.83. The molecule has 6 heteroatoms. The molecule has 0 aliphatic rings. The number of anilines is 1. The van der Waals surface area contributed by atoms with E-state index in [0.717, 1.165) is 23.4 Å². The van der Waals surface area contributed by atoms with Crippen molar-refractivity contribution in [1.29, 1.82) is 5.26 Å². The highest BCUT2D eigenvalue weighted by atomic mass is 19.1. The van der Waals surface area contributed by atoms with Crippen LogP contribution in [-0.2, 0) is 7.05 Å². The van der Waals surface area contributed by atoms with Crippen LogP contribution in [0.5, 0.6) is 0 Å². The number of benzene rings is 1. The first-order valence-corrected chi connectivity index (χ1v) is 5.83. The molecular formula is C14H12F2N4. The molecule has 1 heterocycles. The number of nitrogens with zero attached hydrogens (tertiary/aromatic N) is 3. The van der Waals surface area contributed by atoms with Crippen LogP contribution in [0.3, 0.4) is 0 Å². The van der Waals surface area contributed by atoms with E-state index in [4.69, 9.17) is 5.26 Å². The zero-order valence-electron chi connectivity index (χ0n) is 11.0. The summed E-state index contributed by atoms with van der Waals surface area (Å²) in [6.07, 6.45) is 1.49. The van der Waals surface area contributed by atoms with Crippen LogP contribution in [0.2, 0.25) is 0 Å². The highest BCUT2D eigenvalue weighted by Crippen LogP contribution is 2.15. The van der Waals surface area contributed by atoms with Crippen molar-refractivity contribution in [2.24, 2.45) is 12.1 Å². The van der Waals surface area contributed by atoms with Crippen molar-refractivity contribution in [3.63, 3.8) is 0 Å². The monoisotopic (exact) mass is 274 g/mol. The first kappa shape index (κ1) is 13.7. The van der Waals surface area contributed by atoms with Gasteiger partial charge in [-0.1, -0.05) is 0 Å². The minimum atomic E-state index is -0.718. The Hall–Kier alpha value is -2.68. The van der Waals surface area contributed by atoms with Gasteiger partial charge in [-0.25, -0.2) is 8.78 Å². The third kappa shape index (κ3) is 2.67. The third-order valence-electron chi connectivity index (χ3n) is 3.01. The molecule has 0 aliphatic heterocycles. The molecule has 0 amide bonds. The lowest BCUT2D eigenvalue weighted by Crippen LogP contribution is -1.96. The van der Waals surface area contributed by atoms with Gasteiger partial charge in [0.2, 0.25) is 0 Å². The van der Waals surface area contributed by atoms with E-state index in [0.29, 0.717) is 5.69 Å². The molecule has 1 N–H and O–H groups in total. The number of halogens is 2. The fraction of sp³-hybridized carbons (Fsp3) is 0.143. The maximum atomic E-state index is 13.4. The number of nitrogens with one attached hydrogen (secondary N) is 1. The molecule has 4 nitrogen and oxygen atoms in total. The zero-order chi connectivity index (χ0) is 14.7. The lowest BCUT2D eigenvalue weighted by Gasteiger charge is -2.01. The van der Waals surface area contributed by atoms with Crippen molar-refractivity contribution in [1.82, 2.24) is 4.57 Å². The van der Waals surface area contributed by atoms with E-state index in [9.17, 15) is 8.78 Å². The topological polar surface area (TPSA) is 53.1 Å². The Kier molecular flexibility index (Phi) is 3.80. The van der Waals surface area contributed by atoms with E-state index < -0.39 is 11.6 Å². The Morgan fingerprint density at radius 2 is 2.10 bits per heavy atom. The van der Waals surface area contributed by atoms with Gasteiger partial charge in [-0.3, -0.25) is 5.43 Å². The summed E-state index contributed by atoms with van der Waals surface area (Å²) in [5.41, 5.74) is 4.71. The van der Waals surface area contributed by atoms with Crippen LogP contribution in [0.25, 0.3) is 0 Å². The number of aromatic nitrogens is 1. The maximum absolute atomic E-state index is 13.4. The molecular weight excluding hydrogens is 262 g/mol. The SMILES string of the molecule is Cc1c(/C=N\Nc2ccc(F)cc2F)cc(C#N)n1C. The Bertz CT molecular complexity index is 711. The van der Waals surface area contributed by atoms with E-state index in [2.05, 4.69) is 16.6 Å². The fourth-order valence-electron chi connectivity index (χ4n) is 1.71. The van der Waals surface area contributed by atoms with Gasteiger partial charge in [0.1, 0.15) is 17.6 Å². The van der Waals surface area contributed by atoms with Crippen LogP contribution in [0.15, 0.2) is 29.4 Å². The minimum absolute atomic E-state index is 0.0803. The van der Waals surface area contributed by atoms with Gasteiger partial charge in [0, 0.05) is 24.4 Å².